The van der Waals surface area contributed by atoms with E-state index in [0.29, 0.717) is 26.1 Å². The minimum atomic E-state index is -0.504. The normalized spacial score (nSPS) is 9.76. The number of rotatable bonds is 9. The van der Waals surface area contributed by atoms with Crippen molar-refractivity contribution in [1.82, 2.24) is 10.6 Å². The molecule has 0 saturated heterocycles. The monoisotopic (exact) mass is 246 g/mol. The number of hydrogen-bond acceptors (Lipinski definition) is 4. The highest BCUT2D eigenvalue weighted by atomic mass is 16.5. The van der Waals surface area contributed by atoms with Crippen molar-refractivity contribution in [2.75, 3.05) is 27.0 Å². The Morgan fingerprint density at radius 3 is 2.53 bits per heavy atom. The molecule has 0 aliphatic rings. The molecule has 0 aromatic heterocycles. The van der Waals surface area contributed by atoms with E-state index in [2.05, 4.69) is 10.6 Å². The molecule has 0 aliphatic heterocycles. The maximum Gasteiger partial charge on any atom is 0.408 e. The molecule has 17 heavy (non-hydrogen) atoms. The average molecular weight is 246 g/mol. The summed E-state index contributed by atoms with van der Waals surface area (Å²) in [7, 11) is 1.59. The number of methoxy groups -OCH3 is 1. The highest BCUT2D eigenvalue weighted by molar-refractivity contribution is 5.76. The third kappa shape index (κ3) is 11.0. The van der Waals surface area contributed by atoms with E-state index in [-0.39, 0.29) is 12.6 Å². The van der Waals surface area contributed by atoms with Gasteiger partial charge in [0.1, 0.15) is 0 Å². The van der Waals surface area contributed by atoms with E-state index in [0.717, 1.165) is 12.8 Å². The molecule has 0 atom stereocenters. The molecule has 0 aliphatic carbocycles. The second-order valence-corrected chi connectivity index (χ2v) is 3.54. The molecule has 0 fully saturated rings. The highest BCUT2D eigenvalue weighted by Crippen LogP contribution is 1.89. The summed E-state index contributed by atoms with van der Waals surface area (Å²) in [6.45, 7) is 3.07. The largest absolute Gasteiger partial charge is 0.450 e. The van der Waals surface area contributed by atoms with Gasteiger partial charge in [0.15, 0.2) is 0 Å². The van der Waals surface area contributed by atoms with E-state index in [4.69, 9.17) is 9.47 Å². The van der Waals surface area contributed by atoms with Crippen LogP contribution in [0.1, 0.15) is 32.6 Å². The summed E-state index contributed by atoms with van der Waals surface area (Å²) in [5, 5.41) is 4.99. The molecular weight excluding hydrogens is 224 g/mol. The fraction of sp³-hybridized carbons (Fsp3) is 0.818. The number of hydrogen-bond donors (Lipinski definition) is 2. The number of carbonyl (C=O) groups is 2. The van der Waals surface area contributed by atoms with Crippen LogP contribution in [0.2, 0.25) is 0 Å². The van der Waals surface area contributed by atoms with Gasteiger partial charge in [-0.3, -0.25) is 4.79 Å². The predicted octanol–water partition coefficient (Wildman–Crippen LogP) is 1.01. The minimum absolute atomic E-state index is 0.0940. The van der Waals surface area contributed by atoms with Gasteiger partial charge < -0.3 is 20.1 Å². The zero-order chi connectivity index (χ0) is 12.9. The van der Waals surface area contributed by atoms with E-state index >= 15 is 0 Å². The molecule has 0 aromatic rings. The Kier molecular flexibility index (Phi) is 10.3. The van der Waals surface area contributed by atoms with Crippen LogP contribution in [-0.2, 0) is 14.3 Å². The lowest BCUT2D eigenvalue weighted by atomic mass is 10.3. The Bertz CT molecular complexity index is 200. The zero-order valence-corrected chi connectivity index (χ0v) is 10.6. The summed E-state index contributed by atoms with van der Waals surface area (Å²) in [5.41, 5.74) is 0. The maximum absolute atomic E-state index is 11.2. The molecule has 0 heterocycles. The van der Waals surface area contributed by atoms with Crippen LogP contribution in [0.4, 0.5) is 4.79 Å². The molecule has 2 amide bonds. The molecule has 0 radical (unpaired) electrons. The minimum Gasteiger partial charge on any atom is -0.450 e. The van der Waals surface area contributed by atoms with Gasteiger partial charge in [0.05, 0.1) is 13.3 Å². The van der Waals surface area contributed by atoms with Gasteiger partial charge >= 0.3 is 6.09 Å². The van der Waals surface area contributed by atoms with Gasteiger partial charge in [-0.25, -0.2) is 4.79 Å². The Morgan fingerprint density at radius 1 is 1.12 bits per heavy atom. The molecule has 0 spiro atoms. The van der Waals surface area contributed by atoms with Gasteiger partial charge in [0, 0.05) is 20.1 Å². The fourth-order valence-electron chi connectivity index (χ4n) is 1.04. The molecule has 6 nitrogen and oxygen atoms in total. The van der Waals surface area contributed by atoms with Crippen molar-refractivity contribution in [3.8, 4) is 0 Å². The highest BCUT2D eigenvalue weighted by Gasteiger charge is 2.03. The predicted molar refractivity (Wildman–Crippen MR) is 63.5 cm³/mol. The summed E-state index contributed by atoms with van der Waals surface area (Å²) in [6, 6.07) is 0. The first-order valence-electron chi connectivity index (χ1n) is 5.87. The van der Waals surface area contributed by atoms with Gasteiger partial charge in [0.2, 0.25) is 5.91 Å². The number of ether oxygens (including phenoxy) is 2. The summed E-state index contributed by atoms with van der Waals surface area (Å²) >= 11 is 0. The van der Waals surface area contributed by atoms with Gasteiger partial charge in [0.25, 0.3) is 0 Å². The Hall–Kier alpha value is -1.30. The third-order valence-corrected chi connectivity index (χ3v) is 2.00. The molecule has 0 unspecified atom stereocenters. The summed E-state index contributed by atoms with van der Waals surface area (Å²) < 4.78 is 9.66. The van der Waals surface area contributed by atoms with Gasteiger partial charge in [-0.05, 0) is 12.8 Å². The van der Waals surface area contributed by atoms with Crippen LogP contribution in [0.25, 0.3) is 0 Å². The fourth-order valence-corrected chi connectivity index (χ4v) is 1.04. The van der Waals surface area contributed by atoms with E-state index in [1.807, 2.05) is 6.92 Å². The number of nitrogens with one attached hydrogen (secondary N) is 2. The summed E-state index contributed by atoms with van der Waals surface area (Å²) in [5.74, 6) is -0.115. The van der Waals surface area contributed by atoms with Crippen molar-refractivity contribution in [3.05, 3.63) is 0 Å². The van der Waals surface area contributed by atoms with Crippen molar-refractivity contribution >= 4 is 12.0 Å². The van der Waals surface area contributed by atoms with Crippen LogP contribution in [0, 0.1) is 0 Å². The van der Waals surface area contributed by atoms with E-state index in [9.17, 15) is 9.59 Å². The molecule has 100 valence electrons. The first-order valence-corrected chi connectivity index (χ1v) is 5.87. The Labute approximate surface area is 102 Å². The van der Waals surface area contributed by atoms with Crippen LogP contribution in [0.3, 0.4) is 0 Å². The van der Waals surface area contributed by atoms with Gasteiger partial charge in [-0.2, -0.15) is 0 Å². The van der Waals surface area contributed by atoms with Crippen LogP contribution >= 0.6 is 0 Å². The number of alkyl carbamates (subject to hydrolysis) is 1. The molecule has 0 aromatic carbocycles. The van der Waals surface area contributed by atoms with E-state index in [1.54, 1.807) is 7.11 Å². The SMILES string of the molecule is CCCCOC(=O)NCNC(=O)CCCOC. The zero-order valence-electron chi connectivity index (χ0n) is 10.6. The topological polar surface area (TPSA) is 76.7 Å². The van der Waals surface area contributed by atoms with Crippen molar-refractivity contribution < 1.29 is 19.1 Å². The molecule has 0 saturated carbocycles. The van der Waals surface area contributed by atoms with Gasteiger partial charge in [-0.15, -0.1) is 0 Å². The lowest BCUT2D eigenvalue weighted by Crippen LogP contribution is -2.37. The Balaban J connectivity index is 3.36. The van der Waals surface area contributed by atoms with Crippen LogP contribution in [-0.4, -0.2) is 39.0 Å². The summed E-state index contributed by atoms with van der Waals surface area (Å²) in [6.07, 6.45) is 2.37. The van der Waals surface area contributed by atoms with E-state index < -0.39 is 6.09 Å². The first-order chi connectivity index (χ1) is 8.20. The lowest BCUT2D eigenvalue weighted by molar-refractivity contribution is -0.121. The third-order valence-electron chi connectivity index (χ3n) is 2.00. The van der Waals surface area contributed by atoms with Crippen LogP contribution in [0.5, 0.6) is 0 Å². The van der Waals surface area contributed by atoms with Crippen molar-refractivity contribution in [2.45, 2.75) is 32.6 Å². The Morgan fingerprint density at radius 2 is 1.88 bits per heavy atom. The van der Waals surface area contributed by atoms with Crippen LogP contribution in [0.15, 0.2) is 0 Å². The number of amides is 2. The van der Waals surface area contributed by atoms with Gasteiger partial charge in [-0.1, -0.05) is 13.3 Å². The quantitative estimate of drug-likeness (QED) is 0.470. The van der Waals surface area contributed by atoms with Crippen molar-refractivity contribution in [1.29, 1.82) is 0 Å². The molecule has 6 heteroatoms. The summed E-state index contributed by atoms with van der Waals surface area (Å²) in [4.78, 5) is 22.3. The molecular formula is C11H22N2O4. The van der Waals surface area contributed by atoms with Crippen molar-refractivity contribution in [3.63, 3.8) is 0 Å². The second kappa shape index (κ2) is 11.2. The standard InChI is InChI=1S/C11H22N2O4/c1-3-4-8-17-11(15)13-9-12-10(14)6-5-7-16-2/h3-9H2,1-2H3,(H,12,14)(H,13,15). The number of unbranched alkanes of at least 4 members (excludes halogenated alkanes) is 1. The van der Waals surface area contributed by atoms with Crippen molar-refractivity contribution in [2.24, 2.45) is 0 Å². The molecule has 0 bridgehead atoms. The van der Waals surface area contributed by atoms with Crippen LogP contribution < -0.4 is 10.6 Å². The second-order valence-electron chi connectivity index (χ2n) is 3.54. The molecule has 2 N–H and O–H groups in total. The first kappa shape index (κ1) is 15.7. The average Bonchev–Trinajstić information content (AvgIpc) is 2.30. The lowest BCUT2D eigenvalue weighted by Gasteiger charge is -2.07. The molecule has 0 rings (SSSR count). The smallest absolute Gasteiger partial charge is 0.408 e. The number of carbonyl (C=O) groups excluding carboxylic acids is 2. The maximum atomic E-state index is 11.2. The van der Waals surface area contributed by atoms with E-state index in [1.165, 1.54) is 0 Å².